The van der Waals surface area contributed by atoms with Crippen molar-refractivity contribution in [2.24, 2.45) is 0 Å². The number of carbonyl (C=O) groups excluding carboxylic acids is 1. The molecule has 1 aliphatic heterocycles. The lowest BCUT2D eigenvalue weighted by molar-refractivity contribution is -0.118. The van der Waals surface area contributed by atoms with Crippen molar-refractivity contribution in [1.82, 2.24) is 4.90 Å². The lowest BCUT2D eigenvalue weighted by Crippen LogP contribution is -2.36. The highest BCUT2D eigenvalue weighted by atomic mass is 35.5. The molecule has 0 N–H and O–H groups in total. The molecule has 0 bridgehead atoms. The summed E-state index contributed by atoms with van der Waals surface area (Å²) < 4.78 is 0. The lowest BCUT2D eigenvalue weighted by Gasteiger charge is -2.24. The van der Waals surface area contributed by atoms with Crippen molar-refractivity contribution in [3.05, 3.63) is 60.2 Å². The van der Waals surface area contributed by atoms with Crippen molar-refractivity contribution in [3.63, 3.8) is 0 Å². The standard InChI is InChI=1S/C19H22N2OS.ClH/c1-20(2)12-13-21-16-10-6-7-11-17(16)23-18(14-19(21)22)15-8-4-3-5-9-15;/h3-11,18H,12-14H2,1-2H3;1H/t18-;/m0./s1. The van der Waals surface area contributed by atoms with E-state index >= 15 is 0 Å². The minimum Gasteiger partial charge on any atom is -0.310 e. The first-order valence-electron chi connectivity index (χ1n) is 7.91. The van der Waals surface area contributed by atoms with E-state index in [2.05, 4.69) is 29.2 Å². The highest BCUT2D eigenvalue weighted by molar-refractivity contribution is 7.99. The number of halogens is 1. The molecule has 2 aromatic carbocycles. The maximum atomic E-state index is 12.9. The molecular formula is C19H23ClN2OS. The van der Waals surface area contributed by atoms with E-state index in [9.17, 15) is 4.79 Å². The number of rotatable bonds is 4. The van der Waals surface area contributed by atoms with Crippen LogP contribution in [0.2, 0.25) is 0 Å². The molecule has 5 heteroatoms. The first kappa shape index (κ1) is 18.8. The molecule has 3 nitrogen and oxygen atoms in total. The van der Waals surface area contributed by atoms with Gasteiger partial charge in [-0.2, -0.15) is 0 Å². The van der Waals surface area contributed by atoms with E-state index in [1.165, 1.54) is 10.5 Å². The number of para-hydroxylation sites is 1. The van der Waals surface area contributed by atoms with Gasteiger partial charge in [0, 0.05) is 29.7 Å². The van der Waals surface area contributed by atoms with E-state index in [4.69, 9.17) is 0 Å². The SMILES string of the molecule is CN(C)CCN1C(=O)C[C@@H](c2ccccc2)Sc2ccccc21.Cl. The molecule has 1 heterocycles. The van der Waals surface area contributed by atoms with E-state index in [-0.39, 0.29) is 23.6 Å². The Kier molecular flexibility index (Phi) is 6.72. The van der Waals surface area contributed by atoms with Gasteiger partial charge in [-0.25, -0.2) is 0 Å². The van der Waals surface area contributed by atoms with Gasteiger partial charge in [0.1, 0.15) is 0 Å². The van der Waals surface area contributed by atoms with Gasteiger partial charge >= 0.3 is 0 Å². The van der Waals surface area contributed by atoms with E-state index in [0.29, 0.717) is 6.42 Å². The zero-order chi connectivity index (χ0) is 16.2. The van der Waals surface area contributed by atoms with Gasteiger partial charge in [0.25, 0.3) is 0 Å². The van der Waals surface area contributed by atoms with Gasteiger partial charge in [-0.1, -0.05) is 42.5 Å². The molecule has 0 radical (unpaired) electrons. The molecule has 1 aliphatic rings. The second kappa shape index (κ2) is 8.56. The summed E-state index contributed by atoms with van der Waals surface area (Å²) in [6.45, 7) is 1.59. The number of thioether (sulfide) groups is 1. The Morgan fingerprint density at radius 2 is 1.75 bits per heavy atom. The third-order valence-corrected chi connectivity index (χ3v) is 5.35. The molecule has 0 spiro atoms. The monoisotopic (exact) mass is 362 g/mol. The number of hydrogen-bond donors (Lipinski definition) is 0. The quantitative estimate of drug-likeness (QED) is 0.812. The van der Waals surface area contributed by atoms with Crippen LogP contribution in [0.3, 0.4) is 0 Å². The molecule has 1 atom stereocenters. The summed E-state index contributed by atoms with van der Waals surface area (Å²) in [6, 6.07) is 18.6. The Bertz CT molecular complexity index is 678. The van der Waals surface area contributed by atoms with Crippen LogP contribution >= 0.6 is 24.2 Å². The van der Waals surface area contributed by atoms with Crippen molar-refractivity contribution in [2.45, 2.75) is 16.6 Å². The molecule has 0 unspecified atom stereocenters. The number of fused-ring (bicyclic) bond motifs is 1. The van der Waals surface area contributed by atoms with E-state index in [1.807, 2.05) is 49.3 Å². The Hall–Kier alpha value is -1.49. The summed E-state index contributed by atoms with van der Waals surface area (Å²) in [4.78, 5) is 18.1. The Morgan fingerprint density at radius 1 is 1.08 bits per heavy atom. The number of hydrogen-bond acceptors (Lipinski definition) is 3. The van der Waals surface area contributed by atoms with Crippen LogP contribution in [0, 0.1) is 0 Å². The van der Waals surface area contributed by atoms with E-state index in [0.717, 1.165) is 18.8 Å². The summed E-state index contributed by atoms with van der Waals surface area (Å²) in [6.07, 6.45) is 0.538. The Morgan fingerprint density at radius 3 is 2.46 bits per heavy atom. The first-order valence-corrected chi connectivity index (χ1v) is 8.79. The van der Waals surface area contributed by atoms with Gasteiger partial charge in [-0.05, 0) is 31.8 Å². The third kappa shape index (κ3) is 4.32. The third-order valence-electron chi connectivity index (χ3n) is 4.03. The highest BCUT2D eigenvalue weighted by Gasteiger charge is 2.28. The van der Waals surface area contributed by atoms with Crippen LogP contribution < -0.4 is 4.90 Å². The molecule has 24 heavy (non-hydrogen) atoms. The fourth-order valence-corrected chi connectivity index (χ4v) is 4.06. The van der Waals surface area contributed by atoms with Crippen LogP contribution in [-0.4, -0.2) is 38.0 Å². The molecule has 128 valence electrons. The van der Waals surface area contributed by atoms with Gasteiger partial charge in [0.15, 0.2) is 0 Å². The smallest absolute Gasteiger partial charge is 0.228 e. The summed E-state index contributed by atoms with van der Waals surface area (Å²) in [5, 5.41) is 0.175. The molecular weight excluding hydrogens is 340 g/mol. The number of carbonyl (C=O) groups is 1. The first-order chi connectivity index (χ1) is 11.1. The van der Waals surface area contributed by atoms with Crippen LogP contribution in [-0.2, 0) is 4.79 Å². The number of amides is 1. The van der Waals surface area contributed by atoms with Crippen molar-refractivity contribution in [1.29, 1.82) is 0 Å². The zero-order valence-electron chi connectivity index (χ0n) is 14.0. The van der Waals surface area contributed by atoms with Gasteiger partial charge in [0.05, 0.1) is 5.69 Å². The topological polar surface area (TPSA) is 23.6 Å². The molecule has 0 fully saturated rings. The van der Waals surface area contributed by atoms with Gasteiger partial charge in [-0.3, -0.25) is 4.79 Å². The Balaban J connectivity index is 0.00000208. The molecule has 0 aromatic heterocycles. The fourth-order valence-electron chi connectivity index (χ4n) is 2.78. The number of benzene rings is 2. The molecule has 3 rings (SSSR count). The lowest BCUT2D eigenvalue weighted by atomic mass is 10.1. The average Bonchev–Trinajstić information content (AvgIpc) is 2.70. The fraction of sp³-hybridized carbons (Fsp3) is 0.316. The zero-order valence-corrected chi connectivity index (χ0v) is 15.6. The van der Waals surface area contributed by atoms with Crippen molar-refractivity contribution >= 4 is 35.8 Å². The summed E-state index contributed by atoms with van der Waals surface area (Å²) in [7, 11) is 4.07. The predicted octanol–water partition coefficient (Wildman–Crippen LogP) is 4.24. The molecule has 0 saturated carbocycles. The average molecular weight is 363 g/mol. The number of likely N-dealkylation sites (N-methyl/N-ethyl adjacent to an activating group) is 1. The highest BCUT2D eigenvalue weighted by Crippen LogP contribution is 2.45. The van der Waals surface area contributed by atoms with Crippen LogP contribution in [0.15, 0.2) is 59.5 Å². The Labute approximate surface area is 154 Å². The van der Waals surface area contributed by atoms with Crippen LogP contribution in [0.1, 0.15) is 17.2 Å². The maximum Gasteiger partial charge on any atom is 0.228 e. The summed E-state index contributed by atoms with van der Waals surface area (Å²) >= 11 is 1.80. The predicted molar refractivity (Wildman–Crippen MR) is 104 cm³/mol. The minimum atomic E-state index is 0. The molecule has 0 aliphatic carbocycles. The van der Waals surface area contributed by atoms with E-state index < -0.39 is 0 Å². The number of nitrogens with zero attached hydrogens (tertiary/aromatic N) is 2. The second-order valence-corrected chi connectivity index (χ2v) is 7.28. The summed E-state index contributed by atoms with van der Waals surface area (Å²) in [5.41, 5.74) is 2.26. The molecule has 1 amide bonds. The minimum absolute atomic E-state index is 0. The van der Waals surface area contributed by atoms with Crippen molar-refractivity contribution < 1.29 is 4.79 Å². The maximum absolute atomic E-state index is 12.9. The second-order valence-electron chi connectivity index (χ2n) is 6.04. The van der Waals surface area contributed by atoms with Gasteiger partial charge in [-0.15, -0.1) is 24.2 Å². The molecule has 0 saturated heterocycles. The summed E-state index contributed by atoms with van der Waals surface area (Å²) in [5.74, 6) is 0.207. The van der Waals surface area contributed by atoms with Crippen LogP contribution in [0.5, 0.6) is 0 Å². The van der Waals surface area contributed by atoms with E-state index in [1.54, 1.807) is 11.8 Å². The van der Waals surface area contributed by atoms with Gasteiger partial charge in [0.2, 0.25) is 5.91 Å². The largest absolute Gasteiger partial charge is 0.310 e. The number of anilines is 1. The van der Waals surface area contributed by atoms with Crippen molar-refractivity contribution in [2.75, 3.05) is 32.1 Å². The normalized spacial score (nSPS) is 17.2. The van der Waals surface area contributed by atoms with Crippen molar-refractivity contribution in [3.8, 4) is 0 Å². The van der Waals surface area contributed by atoms with Gasteiger partial charge < -0.3 is 9.80 Å². The van der Waals surface area contributed by atoms with Crippen LogP contribution in [0.4, 0.5) is 5.69 Å². The van der Waals surface area contributed by atoms with Crippen LogP contribution in [0.25, 0.3) is 0 Å². The molecule has 2 aromatic rings.